The van der Waals surface area contributed by atoms with E-state index in [-0.39, 0.29) is 0 Å². The Morgan fingerprint density at radius 2 is 2.10 bits per heavy atom. The molecule has 0 bridgehead atoms. The van der Waals surface area contributed by atoms with Crippen LogP contribution in [0.25, 0.3) is 22.3 Å². The molecule has 3 heterocycles. The predicted molar refractivity (Wildman–Crippen MR) is 82.5 cm³/mol. The predicted octanol–water partition coefficient (Wildman–Crippen LogP) is 3.65. The zero-order chi connectivity index (χ0) is 14.2. The van der Waals surface area contributed by atoms with Crippen molar-refractivity contribution in [3.8, 4) is 16.9 Å². The van der Waals surface area contributed by atoms with Crippen LogP contribution in [0.2, 0.25) is 0 Å². The van der Waals surface area contributed by atoms with E-state index in [1.165, 1.54) is 17.5 Å². The first-order chi connectivity index (χ1) is 10.3. The van der Waals surface area contributed by atoms with Crippen LogP contribution in [-0.4, -0.2) is 21.6 Å². The van der Waals surface area contributed by atoms with Gasteiger partial charge in [0.25, 0.3) is 0 Å². The third-order valence-electron chi connectivity index (χ3n) is 3.95. The monoisotopic (exact) mass is 279 g/mol. The molecule has 21 heavy (non-hydrogen) atoms. The average Bonchev–Trinajstić information content (AvgIpc) is 2.71. The van der Waals surface area contributed by atoms with Crippen LogP contribution in [0.3, 0.4) is 0 Å². The summed E-state index contributed by atoms with van der Waals surface area (Å²) in [4.78, 5) is 12.0. The molecule has 4 nitrogen and oxygen atoms in total. The van der Waals surface area contributed by atoms with E-state index in [0.29, 0.717) is 0 Å². The molecule has 4 rings (SSSR count). The highest BCUT2D eigenvalue weighted by molar-refractivity contribution is 5.78. The van der Waals surface area contributed by atoms with E-state index in [4.69, 9.17) is 4.74 Å². The molecule has 0 aliphatic carbocycles. The Bertz CT molecular complexity index is 807. The lowest BCUT2D eigenvalue weighted by atomic mass is 10.0. The lowest BCUT2D eigenvalue weighted by Crippen LogP contribution is -1.94. The SMILES string of the molecule is Cc1nc2ncc(-c3ccc4c(c3)CCCCO4)cc2[nH]1. The Balaban J connectivity index is 1.78. The average molecular weight is 279 g/mol. The number of hydrogen-bond acceptors (Lipinski definition) is 3. The van der Waals surface area contributed by atoms with Gasteiger partial charge in [0.15, 0.2) is 5.65 Å². The Kier molecular flexibility index (Phi) is 2.88. The van der Waals surface area contributed by atoms with E-state index in [1.54, 1.807) is 0 Å². The fourth-order valence-corrected chi connectivity index (χ4v) is 2.87. The maximum atomic E-state index is 5.78. The Hall–Kier alpha value is -2.36. The van der Waals surface area contributed by atoms with Gasteiger partial charge in [-0.1, -0.05) is 6.07 Å². The van der Waals surface area contributed by atoms with Gasteiger partial charge in [-0.05, 0) is 55.5 Å². The number of imidazole rings is 1. The van der Waals surface area contributed by atoms with E-state index in [2.05, 4.69) is 39.2 Å². The molecule has 0 unspecified atom stereocenters. The van der Waals surface area contributed by atoms with Gasteiger partial charge in [0, 0.05) is 11.8 Å². The van der Waals surface area contributed by atoms with Crippen molar-refractivity contribution in [2.75, 3.05) is 6.61 Å². The summed E-state index contributed by atoms with van der Waals surface area (Å²) in [5.41, 5.74) is 5.34. The number of rotatable bonds is 1. The molecule has 1 N–H and O–H groups in total. The van der Waals surface area contributed by atoms with E-state index in [9.17, 15) is 0 Å². The summed E-state index contributed by atoms with van der Waals surface area (Å²) in [6.45, 7) is 2.77. The summed E-state index contributed by atoms with van der Waals surface area (Å²) in [5, 5.41) is 0. The van der Waals surface area contributed by atoms with E-state index in [1.807, 2.05) is 13.1 Å². The highest BCUT2D eigenvalue weighted by atomic mass is 16.5. The second kappa shape index (κ2) is 4.88. The molecule has 106 valence electrons. The highest BCUT2D eigenvalue weighted by Gasteiger charge is 2.11. The van der Waals surface area contributed by atoms with Crippen LogP contribution < -0.4 is 4.74 Å². The van der Waals surface area contributed by atoms with Crippen molar-refractivity contribution in [2.24, 2.45) is 0 Å². The van der Waals surface area contributed by atoms with Crippen LogP contribution in [0.4, 0.5) is 0 Å². The van der Waals surface area contributed by atoms with Gasteiger partial charge in [-0.3, -0.25) is 0 Å². The van der Waals surface area contributed by atoms with Gasteiger partial charge in [0.1, 0.15) is 11.6 Å². The molecule has 0 spiro atoms. The summed E-state index contributed by atoms with van der Waals surface area (Å²) in [5.74, 6) is 1.92. The van der Waals surface area contributed by atoms with Crippen LogP contribution in [0.15, 0.2) is 30.5 Å². The minimum absolute atomic E-state index is 0.773. The van der Waals surface area contributed by atoms with Gasteiger partial charge in [0.2, 0.25) is 0 Å². The number of nitrogens with one attached hydrogen (secondary N) is 1. The number of pyridine rings is 1. The molecule has 2 aromatic heterocycles. The first-order valence-electron chi connectivity index (χ1n) is 7.38. The molecule has 1 aromatic carbocycles. The van der Waals surface area contributed by atoms with Crippen molar-refractivity contribution in [3.05, 3.63) is 41.9 Å². The molecule has 0 saturated carbocycles. The molecular weight excluding hydrogens is 262 g/mol. The number of benzene rings is 1. The molecule has 0 saturated heterocycles. The maximum absolute atomic E-state index is 5.78. The fourth-order valence-electron chi connectivity index (χ4n) is 2.87. The minimum atomic E-state index is 0.773. The molecule has 0 amide bonds. The van der Waals surface area contributed by atoms with Crippen LogP contribution in [0, 0.1) is 6.92 Å². The zero-order valence-electron chi connectivity index (χ0n) is 12.0. The number of nitrogens with zero attached hydrogens (tertiary/aromatic N) is 2. The van der Waals surface area contributed by atoms with Crippen molar-refractivity contribution >= 4 is 11.2 Å². The molecule has 1 aliphatic heterocycles. The Morgan fingerprint density at radius 1 is 1.14 bits per heavy atom. The molecule has 0 fully saturated rings. The lowest BCUT2D eigenvalue weighted by Gasteiger charge is -2.09. The van der Waals surface area contributed by atoms with Gasteiger partial charge < -0.3 is 9.72 Å². The summed E-state index contributed by atoms with van der Waals surface area (Å²) < 4.78 is 5.78. The van der Waals surface area contributed by atoms with Crippen molar-refractivity contribution in [3.63, 3.8) is 0 Å². The van der Waals surface area contributed by atoms with Crippen molar-refractivity contribution in [1.29, 1.82) is 0 Å². The Labute approximate surface area is 123 Å². The van der Waals surface area contributed by atoms with Crippen LogP contribution >= 0.6 is 0 Å². The topological polar surface area (TPSA) is 50.8 Å². The number of aromatic amines is 1. The first-order valence-corrected chi connectivity index (χ1v) is 7.38. The standard InChI is InChI=1S/C17H17N3O/c1-11-19-15-9-14(10-18-17(15)20-11)12-5-6-16-13(8-12)4-2-3-7-21-16/h5-6,8-10H,2-4,7H2,1H3,(H,18,19,20). The summed E-state index contributed by atoms with van der Waals surface area (Å²) >= 11 is 0. The minimum Gasteiger partial charge on any atom is -0.493 e. The van der Waals surface area contributed by atoms with Gasteiger partial charge in [-0.2, -0.15) is 0 Å². The lowest BCUT2D eigenvalue weighted by molar-refractivity contribution is 0.317. The van der Waals surface area contributed by atoms with Crippen LogP contribution in [-0.2, 0) is 6.42 Å². The maximum Gasteiger partial charge on any atom is 0.177 e. The van der Waals surface area contributed by atoms with Gasteiger partial charge in [-0.15, -0.1) is 0 Å². The van der Waals surface area contributed by atoms with E-state index < -0.39 is 0 Å². The Morgan fingerprint density at radius 3 is 3.05 bits per heavy atom. The van der Waals surface area contributed by atoms with Gasteiger partial charge >= 0.3 is 0 Å². The van der Waals surface area contributed by atoms with Gasteiger partial charge in [0.05, 0.1) is 12.1 Å². The normalized spacial score (nSPS) is 14.5. The van der Waals surface area contributed by atoms with Crippen molar-refractivity contribution in [2.45, 2.75) is 26.2 Å². The quantitative estimate of drug-likeness (QED) is 0.739. The molecule has 0 radical (unpaired) electrons. The van der Waals surface area contributed by atoms with Crippen molar-refractivity contribution < 1.29 is 4.74 Å². The number of ether oxygens (including phenoxy) is 1. The zero-order valence-corrected chi connectivity index (χ0v) is 12.0. The molecule has 3 aromatic rings. The van der Waals surface area contributed by atoms with Crippen LogP contribution in [0.1, 0.15) is 24.2 Å². The smallest absolute Gasteiger partial charge is 0.177 e. The van der Waals surface area contributed by atoms with Crippen LogP contribution in [0.5, 0.6) is 5.75 Å². The number of aromatic nitrogens is 3. The summed E-state index contributed by atoms with van der Waals surface area (Å²) in [6, 6.07) is 8.53. The molecular formula is C17H17N3O. The van der Waals surface area contributed by atoms with Crippen molar-refractivity contribution in [1.82, 2.24) is 15.0 Å². The number of fused-ring (bicyclic) bond motifs is 2. The van der Waals surface area contributed by atoms with E-state index >= 15 is 0 Å². The highest BCUT2D eigenvalue weighted by Crippen LogP contribution is 2.30. The molecule has 4 heteroatoms. The van der Waals surface area contributed by atoms with E-state index in [0.717, 1.165) is 47.7 Å². The number of hydrogen-bond donors (Lipinski definition) is 1. The third kappa shape index (κ3) is 2.27. The third-order valence-corrected chi connectivity index (χ3v) is 3.95. The molecule has 0 atom stereocenters. The second-order valence-electron chi connectivity index (χ2n) is 5.55. The first kappa shape index (κ1) is 12.4. The second-order valence-corrected chi connectivity index (χ2v) is 5.55. The van der Waals surface area contributed by atoms with Gasteiger partial charge in [-0.25, -0.2) is 9.97 Å². The summed E-state index contributed by atoms with van der Waals surface area (Å²) in [6.07, 6.45) is 5.29. The number of H-pyrrole nitrogens is 1. The molecule has 1 aliphatic rings. The number of aryl methyl sites for hydroxylation is 2. The summed E-state index contributed by atoms with van der Waals surface area (Å²) in [7, 11) is 0. The largest absolute Gasteiger partial charge is 0.493 e. The fraction of sp³-hybridized carbons (Fsp3) is 0.294.